The summed E-state index contributed by atoms with van der Waals surface area (Å²) in [5.41, 5.74) is 5.85. The molecule has 0 spiro atoms. The first-order valence-electron chi connectivity index (χ1n) is 5.15. The maximum Gasteiger partial charge on any atom is 0.254 e. The Balaban J connectivity index is 2.35. The van der Waals surface area contributed by atoms with Crippen LogP contribution in [-0.2, 0) is 10.0 Å². The van der Waals surface area contributed by atoms with Gasteiger partial charge in [-0.2, -0.15) is 4.31 Å². The van der Waals surface area contributed by atoms with Gasteiger partial charge >= 0.3 is 0 Å². The normalized spacial score (nSPS) is 22.9. The summed E-state index contributed by atoms with van der Waals surface area (Å²) in [7, 11) is -3.50. The van der Waals surface area contributed by atoms with Crippen LogP contribution >= 0.6 is 38.9 Å². The van der Waals surface area contributed by atoms with Gasteiger partial charge in [0.15, 0.2) is 0 Å². The molecule has 2 rings (SSSR count). The average Bonchev–Trinajstić information content (AvgIpc) is 2.60. The highest BCUT2D eigenvalue weighted by molar-refractivity contribution is 9.11. The highest BCUT2D eigenvalue weighted by Gasteiger charge is 2.32. The number of hydrogen-bond donors (Lipinski definition) is 1. The minimum atomic E-state index is -3.50. The summed E-state index contributed by atoms with van der Waals surface area (Å²) in [6.45, 7) is 0.483. The van der Waals surface area contributed by atoms with Crippen molar-refractivity contribution in [2.75, 3.05) is 6.54 Å². The van der Waals surface area contributed by atoms with Gasteiger partial charge in [-0.1, -0.05) is 11.6 Å². The van der Waals surface area contributed by atoms with Gasteiger partial charge < -0.3 is 5.73 Å². The lowest BCUT2D eigenvalue weighted by Crippen LogP contribution is -2.48. The molecule has 1 atom stereocenters. The van der Waals surface area contributed by atoms with Crippen molar-refractivity contribution in [1.82, 2.24) is 4.31 Å². The van der Waals surface area contributed by atoms with Crippen LogP contribution in [0.4, 0.5) is 0 Å². The zero-order valence-corrected chi connectivity index (χ0v) is 12.9. The van der Waals surface area contributed by atoms with Gasteiger partial charge in [0.2, 0.25) is 0 Å². The molecule has 1 aromatic heterocycles. The van der Waals surface area contributed by atoms with E-state index < -0.39 is 16.2 Å². The van der Waals surface area contributed by atoms with Crippen LogP contribution in [0.1, 0.15) is 19.3 Å². The number of nitrogens with two attached hydrogens (primary N) is 1. The Kier molecular flexibility index (Phi) is 4.16. The van der Waals surface area contributed by atoms with Gasteiger partial charge in [0, 0.05) is 6.54 Å². The largest absolute Gasteiger partial charge is 0.315 e. The molecule has 0 amide bonds. The first-order valence-corrected chi connectivity index (χ1v) is 8.58. The second-order valence-electron chi connectivity index (χ2n) is 3.87. The highest BCUT2D eigenvalue weighted by atomic mass is 79.9. The van der Waals surface area contributed by atoms with Crippen molar-refractivity contribution >= 4 is 48.9 Å². The van der Waals surface area contributed by atoms with Gasteiger partial charge in [0.25, 0.3) is 10.0 Å². The molecule has 17 heavy (non-hydrogen) atoms. The molecular formula is C9H12BrClN2O2S2. The Morgan fingerprint density at radius 2 is 2.24 bits per heavy atom. The predicted molar refractivity (Wildman–Crippen MR) is 72.7 cm³/mol. The summed E-state index contributed by atoms with van der Waals surface area (Å²) >= 11 is 10.2. The van der Waals surface area contributed by atoms with Crippen molar-refractivity contribution in [3.05, 3.63) is 14.9 Å². The Labute approximate surface area is 118 Å². The van der Waals surface area contributed by atoms with Crippen LogP contribution in [0.15, 0.2) is 14.1 Å². The molecule has 0 aliphatic carbocycles. The number of piperidine rings is 1. The molecule has 1 aromatic rings. The lowest BCUT2D eigenvalue weighted by Gasteiger charge is -2.31. The summed E-state index contributed by atoms with van der Waals surface area (Å²) in [4.78, 5) is 0. The molecule has 0 bridgehead atoms. The van der Waals surface area contributed by atoms with Gasteiger partial charge in [0.1, 0.15) is 4.21 Å². The van der Waals surface area contributed by atoms with E-state index in [9.17, 15) is 8.42 Å². The van der Waals surface area contributed by atoms with Crippen molar-refractivity contribution in [3.63, 3.8) is 0 Å². The Morgan fingerprint density at radius 1 is 1.53 bits per heavy atom. The minimum absolute atomic E-state index is 0.242. The number of rotatable bonds is 2. The van der Waals surface area contributed by atoms with Crippen LogP contribution < -0.4 is 5.73 Å². The van der Waals surface area contributed by atoms with E-state index >= 15 is 0 Å². The number of thiophene rings is 1. The van der Waals surface area contributed by atoms with E-state index in [4.69, 9.17) is 17.3 Å². The molecule has 8 heteroatoms. The van der Waals surface area contributed by atoms with Gasteiger partial charge in [-0.05, 0) is 41.3 Å². The van der Waals surface area contributed by atoms with Crippen molar-refractivity contribution < 1.29 is 8.42 Å². The minimum Gasteiger partial charge on any atom is -0.315 e. The monoisotopic (exact) mass is 358 g/mol. The third-order valence-corrected chi connectivity index (χ3v) is 7.53. The van der Waals surface area contributed by atoms with E-state index in [1.165, 1.54) is 10.4 Å². The van der Waals surface area contributed by atoms with E-state index in [0.717, 1.165) is 24.2 Å². The number of sulfonamides is 1. The van der Waals surface area contributed by atoms with Gasteiger partial charge in [-0.15, -0.1) is 11.3 Å². The predicted octanol–water partition coefficient (Wildman–Crippen LogP) is 2.62. The third kappa shape index (κ3) is 2.69. The molecule has 1 aliphatic heterocycles. The summed E-state index contributed by atoms with van der Waals surface area (Å²) in [5.74, 6) is 0. The second-order valence-corrected chi connectivity index (χ2v) is 8.76. The van der Waals surface area contributed by atoms with E-state index in [1.807, 2.05) is 0 Å². The van der Waals surface area contributed by atoms with Crippen LogP contribution in [0.5, 0.6) is 0 Å². The molecule has 0 aromatic carbocycles. The maximum atomic E-state index is 12.3. The molecule has 1 aliphatic rings. The molecule has 0 radical (unpaired) electrons. The fourth-order valence-corrected chi connectivity index (χ4v) is 5.91. The van der Waals surface area contributed by atoms with Crippen LogP contribution in [0, 0.1) is 0 Å². The third-order valence-electron chi connectivity index (χ3n) is 2.68. The first-order chi connectivity index (χ1) is 7.93. The van der Waals surface area contributed by atoms with Crippen molar-refractivity contribution in [3.8, 4) is 0 Å². The van der Waals surface area contributed by atoms with E-state index in [-0.39, 0.29) is 4.21 Å². The summed E-state index contributed by atoms with van der Waals surface area (Å²) < 4.78 is 26.9. The number of halogens is 2. The lowest BCUT2D eigenvalue weighted by molar-refractivity contribution is 0.258. The molecule has 0 saturated carbocycles. The van der Waals surface area contributed by atoms with Crippen LogP contribution in [0.2, 0.25) is 5.02 Å². The molecule has 4 nitrogen and oxygen atoms in total. The SMILES string of the molecule is NC1CCCCN1S(=O)(=O)c1cc(Cl)c(Br)s1. The lowest BCUT2D eigenvalue weighted by atomic mass is 10.1. The molecular weight excluding hydrogens is 348 g/mol. The topological polar surface area (TPSA) is 63.4 Å². The van der Waals surface area contributed by atoms with Crippen LogP contribution in [-0.4, -0.2) is 25.4 Å². The van der Waals surface area contributed by atoms with Crippen molar-refractivity contribution in [2.24, 2.45) is 5.73 Å². The molecule has 1 fully saturated rings. The molecule has 1 unspecified atom stereocenters. The van der Waals surface area contributed by atoms with Crippen molar-refractivity contribution in [2.45, 2.75) is 29.6 Å². The van der Waals surface area contributed by atoms with Crippen LogP contribution in [0.3, 0.4) is 0 Å². The molecule has 2 N–H and O–H groups in total. The van der Waals surface area contributed by atoms with E-state index in [0.29, 0.717) is 21.8 Å². The van der Waals surface area contributed by atoms with Crippen molar-refractivity contribution in [1.29, 1.82) is 0 Å². The van der Waals surface area contributed by atoms with Gasteiger partial charge in [-0.3, -0.25) is 0 Å². The standard InChI is InChI=1S/C9H12BrClN2O2S2/c10-9-6(11)5-8(16-9)17(14,15)13-4-2-1-3-7(13)12/h5,7H,1-4,12H2. The number of hydrogen-bond acceptors (Lipinski definition) is 4. The fourth-order valence-electron chi connectivity index (χ4n) is 1.80. The zero-order valence-electron chi connectivity index (χ0n) is 8.90. The van der Waals surface area contributed by atoms with E-state index in [1.54, 1.807) is 0 Å². The van der Waals surface area contributed by atoms with Crippen LogP contribution in [0.25, 0.3) is 0 Å². The van der Waals surface area contributed by atoms with Gasteiger partial charge in [0.05, 0.1) is 15.0 Å². The Hall–Kier alpha value is 0.340. The molecule has 2 heterocycles. The highest BCUT2D eigenvalue weighted by Crippen LogP contribution is 2.36. The summed E-state index contributed by atoms with van der Waals surface area (Å²) in [6.07, 6.45) is 2.11. The summed E-state index contributed by atoms with van der Waals surface area (Å²) in [5, 5.41) is 0.416. The van der Waals surface area contributed by atoms with Gasteiger partial charge in [-0.25, -0.2) is 8.42 Å². The Morgan fingerprint density at radius 3 is 2.76 bits per heavy atom. The quantitative estimate of drug-likeness (QED) is 0.883. The second kappa shape index (κ2) is 5.14. The zero-order chi connectivity index (χ0) is 12.6. The molecule has 96 valence electrons. The average molecular weight is 360 g/mol. The molecule has 1 saturated heterocycles. The summed E-state index contributed by atoms with van der Waals surface area (Å²) in [6, 6.07) is 1.47. The fraction of sp³-hybridized carbons (Fsp3) is 0.556. The number of nitrogens with zero attached hydrogens (tertiary/aromatic N) is 1. The maximum absolute atomic E-state index is 12.3. The van der Waals surface area contributed by atoms with E-state index in [2.05, 4.69) is 15.9 Å². The first kappa shape index (κ1) is 13.8. The smallest absolute Gasteiger partial charge is 0.254 e. The Bertz CT molecular complexity index is 498.